The van der Waals surface area contributed by atoms with Crippen LogP contribution >= 0.6 is 34.9 Å². The average molecular weight is 464 g/mol. The van der Waals surface area contributed by atoms with Gasteiger partial charge in [-0.15, -0.1) is 29.7 Å². The molecule has 0 bridgehead atoms. The summed E-state index contributed by atoms with van der Waals surface area (Å²) in [5.74, 6) is 1.09. The first-order valence-electron chi connectivity index (χ1n) is 10.1. The Labute approximate surface area is 188 Å². The summed E-state index contributed by atoms with van der Waals surface area (Å²) >= 11 is 4.19. The van der Waals surface area contributed by atoms with E-state index in [1.807, 2.05) is 9.80 Å². The number of nitrogen functional groups attached to an aromatic ring is 1. The SMILES string of the molecule is C=CCSc1nc(SCC(=O)N2CCCC2)nc2sc(C(=O)N3CCCC3)c(N)c12. The number of hydrogen-bond acceptors (Lipinski definition) is 8. The minimum Gasteiger partial charge on any atom is -0.397 e. The lowest BCUT2D eigenvalue weighted by Gasteiger charge is -2.14. The first-order valence-corrected chi connectivity index (χ1v) is 12.9. The molecule has 2 saturated heterocycles. The molecule has 0 atom stereocenters. The normalized spacial score (nSPS) is 16.5. The fourth-order valence-corrected chi connectivity index (χ4v) is 6.45. The molecule has 4 heterocycles. The van der Waals surface area contributed by atoms with Crippen molar-refractivity contribution in [3.05, 3.63) is 17.5 Å². The van der Waals surface area contributed by atoms with Gasteiger partial charge in [0.2, 0.25) is 5.91 Å². The van der Waals surface area contributed by atoms with Crippen LogP contribution in [-0.2, 0) is 4.79 Å². The van der Waals surface area contributed by atoms with Crippen LogP contribution in [0.25, 0.3) is 10.2 Å². The highest BCUT2D eigenvalue weighted by atomic mass is 32.2. The quantitative estimate of drug-likeness (QED) is 0.291. The zero-order valence-corrected chi connectivity index (χ0v) is 19.2. The number of amides is 2. The minimum absolute atomic E-state index is 0.0221. The maximum absolute atomic E-state index is 12.9. The van der Waals surface area contributed by atoms with Crippen molar-refractivity contribution in [3.8, 4) is 0 Å². The molecule has 0 unspecified atom stereocenters. The van der Waals surface area contributed by atoms with Crippen LogP contribution in [0.1, 0.15) is 35.4 Å². The van der Waals surface area contributed by atoms with Gasteiger partial charge in [-0.2, -0.15) is 0 Å². The number of nitrogens with two attached hydrogens (primary N) is 1. The Hall–Kier alpha value is -1.78. The van der Waals surface area contributed by atoms with Gasteiger partial charge in [0.1, 0.15) is 14.7 Å². The van der Waals surface area contributed by atoms with E-state index in [0.717, 1.165) is 62.3 Å². The van der Waals surface area contributed by atoms with Crippen molar-refractivity contribution in [1.29, 1.82) is 0 Å². The Morgan fingerprint density at radius 2 is 1.73 bits per heavy atom. The molecule has 30 heavy (non-hydrogen) atoms. The first-order chi connectivity index (χ1) is 14.6. The Bertz CT molecular complexity index is 965. The molecule has 0 spiro atoms. The lowest BCUT2D eigenvalue weighted by atomic mass is 10.3. The molecule has 160 valence electrons. The van der Waals surface area contributed by atoms with Crippen molar-refractivity contribution in [2.75, 3.05) is 43.4 Å². The van der Waals surface area contributed by atoms with E-state index in [-0.39, 0.29) is 11.8 Å². The van der Waals surface area contributed by atoms with E-state index >= 15 is 0 Å². The average Bonchev–Trinajstić information content (AvgIpc) is 3.51. The van der Waals surface area contributed by atoms with E-state index in [1.54, 1.807) is 6.08 Å². The zero-order chi connectivity index (χ0) is 21.1. The summed E-state index contributed by atoms with van der Waals surface area (Å²) in [6.07, 6.45) is 6.01. The number of thioether (sulfide) groups is 2. The summed E-state index contributed by atoms with van der Waals surface area (Å²) in [7, 11) is 0. The molecule has 0 aromatic carbocycles. The van der Waals surface area contributed by atoms with Crippen molar-refractivity contribution >= 4 is 62.6 Å². The van der Waals surface area contributed by atoms with Gasteiger partial charge >= 0.3 is 0 Å². The van der Waals surface area contributed by atoms with Crippen LogP contribution in [0.4, 0.5) is 5.69 Å². The maximum Gasteiger partial charge on any atom is 0.266 e. The Kier molecular flexibility index (Phi) is 6.84. The monoisotopic (exact) mass is 463 g/mol. The molecule has 7 nitrogen and oxygen atoms in total. The summed E-state index contributed by atoms with van der Waals surface area (Å²) in [6, 6.07) is 0. The second-order valence-corrected chi connectivity index (χ2v) is 10.3. The molecule has 2 aromatic heterocycles. The predicted octanol–water partition coefficient (Wildman–Crippen LogP) is 3.50. The smallest absolute Gasteiger partial charge is 0.266 e. The molecule has 0 saturated carbocycles. The molecule has 2 aliphatic rings. The molecular formula is C20H25N5O2S3. The highest BCUT2D eigenvalue weighted by Crippen LogP contribution is 2.40. The van der Waals surface area contributed by atoms with Crippen LogP contribution in [0.3, 0.4) is 0 Å². The third kappa shape index (κ3) is 4.45. The van der Waals surface area contributed by atoms with E-state index in [0.29, 0.717) is 32.1 Å². The summed E-state index contributed by atoms with van der Waals surface area (Å²) in [5, 5.41) is 2.03. The second kappa shape index (κ2) is 9.57. The van der Waals surface area contributed by atoms with Crippen LogP contribution in [0.15, 0.2) is 22.8 Å². The molecule has 2 aromatic rings. The molecule has 0 aliphatic carbocycles. The van der Waals surface area contributed by atoms with Gasteiger partial charge in [-0.3, -0.25) is 9.59 Å². The fraction of sp³-hybridized carbons (Fsp3) is 0.500. The maximum atomic E-state index is 12.9. The van der Waals surface area contributed by atoms with Crippen LogP contribution in [0.2, 0.25) is 0 Å². The van der Waals surface area contributed by atoms with Gasteiger partial charge in [-0.1, -0.05) is 17.8 Å². The lowest BCUT2D eigenvalue weighted by molar-refractivity contribution is -0.127. The topological polar surface area (TPSA) is 92.4 Å². The molecule has 0 radical (unpaired) electrons. The second-order valence-electron chi connectivity index (χ2n) is 7.31. The van der Waals surface area contributed by atoms with Gasteiger partial charge in [0.15, 0.2) is 5.16 Å². The largest absolute Gasteiger partial charge is 0.397 e. The third-order valence-corrected chi connectivity index (χ3v) is 8.13. The number of anilines is 1. The number of nitrogens with zero attached hydrogens (tertiary/aromatic N) is 4. The van der Waals surface area contributed by atoms with Gasteiger partial charge in [0.25, 0.3) is 5.91 Å². The summed E-state index contributed by atoms with van der Waals surface area (Å²) in [6.45, 7) is 7.00. The standard InChI is InChI=1S/C20H25N5O2S3/c1-2-11-28-17-14-15(21)16(19(27)25-9-5-6-10-25)30-18(14)23-20(22-17)29-12-13(26)24-7-3-4-8-24/h2H,1,3-12,21H2. The van der Waals surface area contributed by atoms with Crippen LogP contribution in [0, 0.1) is 0 Å². The third-order valence-electron chi connectivity index (χ3n) is 5.24. The number of hydrogen-bond donors (Lipinski definition) is 1. The molecule has 2 N–H and O–H groups in total. The number of carbonyl (C=O) groups excluding carboxylic acids is 2. The lowest BCUT2D eigenvalue weighted by Crippen LogP contribution is -2.29. The van der Waals surface area contributed by atoms with Gasteiger partial charge in [0.05, 0.1) is 16.8 Å². The van der Waals surface area contributed by atoms with Gasteiger partial charge < -0.3 is 15.5 Å². The van der Waals surface area contributed by atoms with Gasteiger partial charge in [-0.05, 0) is 25.7 Å². The van der Waals surface area contributed by atoms with Crippen LogP contribution in [0.5, 0.6) is 0 Å². The summed E-state index contributed by atoms with van der Waals surface area (Å²) in [4.78, 5) is 39.6. The van der Waals surface area contributed by atoms with E-state index in [9.17, 15) is 9.59 Å². The highest BCUT2D eigenvalue weighted by molar-refractivity contribution is 8.00. The van der Waals surface area contributed by atoms with Crippen LogP contribution in [-0.4, -0.2) is 69.3 Å². The number of fused-ring (bicyclic) bond motifs is 1. The van der Waals surface area contributed by atoms with Crippen molar-refractivity contribution < 1.29 is 9.59 Å². The molecule has 4 rings (SSSR count). The summed E-state index contributed by atoms with van der Waals surface area (Å²) < 4.78 is 0. The first kappa shape index (κ1) is 21.5. The number of thiophene rings is 1. The van der Waals surface area contributed by atoms with Gasteiger partial charge in [-0.25, -0.2) is 9.97 Å². The molecule has 2 aliphatic heterocycles. The van der Waals surface area contributed by atoms with Crippen molar-refractivity contribution in [2.24, 2.45) is 0 Å². The summed E-state index contributed by atoms with van der Waals surface area (Å²) in [5.41, 5.74) is 6.87. The molecule has 10 heteroatoms. The highest BCUT2D eigenvalue weighted by Gasteiger charge is 2.27. The zero-order valence-electron chi connectivity index (χ0n) is 16.8. The van der Waals surface area contributed by atoms with Crippen molar-refractivity contribution in [3.63, 3.8) is 0 Å². The van der Waals surface area contributed by atoms with E-state index < -0.39 is 0 Å². The van der Waals surface area contributed by atoms with Crippen molar-refractivity contribution in [1.82, 2.24) is 19.8 Å². The minimum atomic E-state index is -0.0221. The van der Waals surface area contributed by atoms with Crippen molar-refractivity contribution in [2.45, 2.75) is 35.9 Å². The molecular weight excluding hydrogens is 438 g/mol. The fourth-order valence-electron chi connectivity index (χ4n) is 3.69. The van der Waals surface area contributed by atoms with E-state index in [1.165, 1.54) is 34.9 Å². The molecule has 2 amide bonds. The number of carbonyl (C=O) groups is 2. The Morgan fingerprint density at radius 3 is 2.40 bits per heavy atom. The number of likely N-dealkylation sites (tertiary alicyclic amines) is 2. The van der Waals surface area contributed by atoms with Crippen LogP contribution < -0.4 is 5.73 Å². The molecule has 2 fully saturated rings. The Balaban J connectivity index is 1.62. The number of rotatable bonds is 7. The van der Waals surface area contributed by atoms with E-state index in [2.05, 4.69) is 16.5 Å². The van der Waals surface area contributed by atoms with Gasteiger partial charge in [0, 0.05) is 31.9 Å². The Morgan fingerprint density at radius 1 is 1.07 bits per heavy atom. The predicted molar refractivity (Wildman–Crippen MR) is 124 cm³/mol. The van der Waals surface area contributed by atoms with E-state index in [4.69, 9.17) is 5.73 Å². The number of aromatic nitrogens is 2.